The number of hydrogen-bond acceptors (Lipinski definition) is 2. The van der Waals surface area contributed by atoms with Gasteiger partial charge in [-0.2, -0.15) is 0 Å². The van der Waals surface area contributed by atoms with Crippen molar-refractivity contribution in [2.24, 2.45) is 0 Å². The molecule has 0 radical (unpaired) electrons. The Bertz CT molecular complexity index is 701. The molecule has 0 saturated carbocycles. The van der Waals surface area contributed by atoms with Gasteiger partial charge in [0.2, 0.25) is 11.8 Å². The van der Waals surface area contributed by atoms with Gasteiger partial charge >= 0.3 is 0 Å². The number of benzene rings is 2. The van der Waals surface area contributed by atoms with Crippen LogP contribution in [0.25, 0.3) is 0 Å². The molecule has 2 aromatic carbocycles. The topological polar surface area (TPSA) is 49.4 Å². The van der Waals surface area contributed by atoms with Crippen molar-refractivity contribution in [1.29, 1.82) is 0 Å². The number of anilines is 2. The van der Waals surface area contributed by atoms with Crippen LogP contribution in [-0.4, -0.2) is 18.4 Å². The molecule has 0 aliphatic carbocycles. The Morgan fingerprint density at radius 1 is 1.13 bits per heavy atom. The van der Waals surface area contributed by atoms with Crippen molar-refractivity contribution in [3.63, 3.8) is 0 Å². The summed E-state index contributed by atoms with van der Waals surface area (Å²) >= 11 is 5.89. The highest BCUT2D eigenvalue weighted by Crippen LogP contribution is 2.20. The fourth-order valence-electron chi connectivity index (χ4n) is 2.31. The van der Waals surface area contributed by atoms with E-state index in [9.17, 15) is 9.59 Å². The van der Waals surface area contributed by atoms with E-state index in [1.807, 2.05) is 44.2 Å². The van der Waals surface area contributed by atoms with E-state index in [1.54, 1.807) is 23.1 Å². The van der Waals surface area contributed by atoms with E-state index in [-0.39, 0.29) is 18.2 Å². The van der Waals surface area contributed by atoms with Gasteiger partial charge in [0.25, 0.3) is 0 Å². The summed E-state index contributed by atoms with van der Waals surface area (Å²) in [5.74, 6) is -0.572. The van der Waals surface area contributed by atoms with E-state index in [2.05, 4.69) is 5.32 Å². The molecular formula is C18H19ClN2O2. The summed E-state index contributed by atoms with van der Waals surface area (Å²) in [6, 6.07) is 14.5. The second-order valence-electron chi connectivity index (χ2n) is 5.16. The van der Waals surface area contributed by atoms with Gasteiger partial charge in [0.05, 0.1) is 0 Å². The number of carbonyl (C=O) groups excluding carboxylic acids is 2. The van der Waals surface area contributed by atoms with Crippen molar-refractivity contribution in [3.05, 3.63) is 59.1 Å². The van der Waals surface area contributed by atoms with Crippen LogP contribution in [-0.2, 0) is 9.59 Å². The third-order valence-electron chi connectivity index (χ3n) is 3.46. The van der Waals surface area contributed by atoms with Crippen molar-refractivity contribution in [3.8, 4) is 0 Å². The summed E-state index contributed by atoms with van der Waals surface area (Å²) in [5, 5.41) is 3.36. The van der Waals surface area contributed by atoms with Crippen LogP contribution in [0.3, 0.4) is 0 Å². The molecule has 4 nitrogen and oxygen atoms in total. The average molecular weight is 331 g/mol. The SMILES string of the molecule is CCN(C(=O)CC(=O)Nc1ccc(Cl)cc1C)c1ccccc1. The lowest BCUT2D eigenvalue weighted by atomic mass is 10.2. The van der Waals surface area contributed by atoms with Gasteiger partial charge in [-0.15, -0.1) is 0 Å². The number of carbonyl (C=O) groups is 2. The maximum absolute atomic E-state index is 12.4. The van der Waals surface area contributed by atoms with Gasteiger partial charge in [0, 0.05) is 22.9 Å². The molecule has 0 aliphatic rings. The van der Waals surface area contributed by atoms with E-state index in [4.69, 9.17) is 11.6 Å². The molecule has 0 aromatic heterocycles. The van der Waals surface area contributed by atoms with Gasteiger partial charge in [-0.25, -0.2) is 0 Å². The summed E-state index contributed by atoms with van der Waals surface area (Å²) in [6.07, 6.45) is -0.204. The Labute approximate surface area is 141 Å². The predicted molar refractivity (Wildman–Crippen MR) is 93.9 cm³/mol. The molecule has 0 atom stereocenters. The van der Waals surface area contributed by atoms with Crippen LogP contribution in [0.1, 0.15) is 18.9 Å². The molecule has 2 rings (SSSR count). The third-order valence-corrected chi connectivity index (χ3v) is 3.69. The van der Waals surface area contributed by atoms with E-state index in [1.165, 1.54) is 0 Å². The quantitative estimate of drug-likeness (QED) is 0.841. The van der Waals surface area contributed by atoms with Crippen LogP contribution in [0.2, 0.25) is 5.02 Å². The van der Waals surface area contributed by atoms with Gasteiger partial charge in [-0.3, -0.25) is 9.59 Å². The molecule has 0 fully saturated rings. The average Bonchev–Trinajstić information content (AvgIpc) is 2.52. The Morgan fingerprint density at radius 2 is 1.83 bits per heavy atom. The maximum Gasteiger partial charge on any atom is 0.236 e. The van der Waals surface area contributed by atoms with Gasteiger partial charge in [-0.1, -0.05) is 29.8 Å². The normalized spacial score (nSPS) is 10.2. The second kappa shape index (κ2) is 7.79. The number of para-hydroxylation sites is 1. The van der Waals surface area contributed by atoms with Crippen molar-refractivity contribution in [1.82, 2.24) is 0 Å². The van der Waals surface area contributed by atoms with E-state index in [0.717, 1.165) is 11.3 Å². The van der Waals surface area contributed by atoms with E-state index < -0.39 is 0 Å². The highest BCUT2D eigenvalue weighted by atomic mass is 35.5. The molecule has 1 N–H and O–H groups in total. The number of hydrogen-bond donors (Lipinski definition) is 1. The maximum atomic E-state index is 12.4. The zero-order chi connectivity index (χ0) is 16.8. The number of aryl methyl sites for hydroxylation is 1. The molecular weight excluding hydrogens is 312 g/mol. The van der Waals surface area contributed by atoms with E-state index in [0.29, 0.717) is 17.3 Å². The highest BCUT2D eigenvalue weighted by Gasteiger charge is 2.17. The number of nitrogens with one attached hydrogen (secondary N) is 1. The zero-order valence-corrected chi connectivity index (χ0v) is 13.9. The summed E-state index contributed by atoms with van der Waals surface area (Å²) in [6.45, 7) is 4.24. The fraction of sp³-hybridized carbons (Fsp3) is 0.222. The molecule has 0 aliphatic heterocycles. The Hall–Kier alpha value is -2.33. The minimum atomic E-state index is -0.338. The molecule has 0 bridgehead atoms. The lowest BCUT2D eigenvalue weighted by molar-refractivity contribution is -0.125. The first-order chi connectivity index (χ1) is 11.0. The summed E-state index contributed by atoms with van der Waals surface area (Å²) in [5.41, 5.74) is 2.30. The van der Waals surface area contributed by atoms with E-state index >= 15 is 0 Å². The first-order valence-corrected chi connectivity index (χ1v) is 7.80. The van der Waals surface area contributed by atoms with Gasteiger partial charge in [-0.05, 0) is 49.7 Å². The lowest BCUT2D eigenvalue weighted by Gasteiger charge is -2.21. The first kappa shape index (κ1) is 17.0. The van der Waals surface area contributed by atoms with Crippen LogP contribution in [0, 0.1) is 6.92 Å². The minimum absolute atomic E-state index is 0.204. The molecule has 5 heteroatoms. The number of amides is 2. The third kappa shape index (κ3) is 4.57. The standard InChI is InChI=1S/C18H19ClN2O2/c1-3-21(15-7-5-4-6-8-15)18(23)12-17(22)20-16-10-9-14(19)11-13(16)2/h4-11H,3,12H2,1-2H3,(H,20,22). The summed E-state index contributed by atoms with van der Waals surface area (Å²) < 4.78 is 0. The molecule has 2 amide bonds. The number of rotatable bonds is 5. The molecule has 0 spiro atoms. The van der Waals surface area contributed by atoms with Crippen LogP contribution in [0.4, 0.5) is 11.4 Å². The second-order valence-corrected chi connectivity index (χ2v) is 5.59. The zero-order valence-electron chi connectivity index (χ0n) is 13.2. The molecule has 0 unspecified atom stereocenters. The molecule has 120 valence electrons. The Kier molecular flexibility index (Phi) is 5.77. The Morgan fingerprint density at radius 3 is 2.43 bits per heavy atom. The van der Waals surface area contributed by atoms with Gasteiger partial charge in [0.1, 0.15) is 6.42 Å². The molecule has 0 saturated heterocycles. The highest BCUT2D eigenvalue weighted by molar-refractivity contribution is 6.30. The van der Waals surface area contributed by atoms with Crippen molar-refractivity contribution in [2.45, 2.75) is 20.3 Å². The monoisotopic (exact) mass is 330 g/mol. The largest absolute Gasteiger partial charge is 0.325 e. The summed E-state index contributed by atoms with van der Waals surface area (Å²) in [7, 11) is 0. The molecule has 23 heavy (non-hydrogen) atoms. The van der Waals surface area contributed by atoms with Crippen LogP contribution in [0.15, 0.2) is 48.5 Å². The van der Waals surface area contributed by atoms with Crippen LogP contribution < -0.4 is 10.2 Å². The first-order valence-electron chi connectivity index (χ1n) is 7.42. The fourth-order valence-corrected chi connectivity index (χ4v) is 2.53. The van der Waals surface area contributed by atoms with Crippen molar-refractivity contribution >= 4 is 34.8 Å². The minimum Gasteiger partial charge on any atom is -0.325 e. The van der Waals surface area contributed by atoms with Crippen LogP contribution >= 0.6 is 11.6 Å². The smallest absolute Gasteiger partial charge is 0.236 e. The van der Waals surface area contributed by atoms with Gasteiger partial charge < -0.3 is 10.2 Å². The van der Waals surface area contributed by atoms with Gasteiger partial charge in [0.15, 0.2) is 0 Å². The predicted octanol–water partition coefficient (Wildman–Crippen LogP) is 4.03. The molecule has 0 heterocycles. The number of nitrogens with zero attached hydrogens (tertiary/aromatic N) is 1. The summed E-state index contributed by atoms with van der Waals surface area (Å²) in [4.78, 5) is 26.1. The van der Waals surface area contributed by atoms with Crippen molar-refractivity contribution in [2.75, 3.05) is 16.8 Å². The van der Waals surface area contributed by atoms with Crippen LogP contribution in [0.5, 0.6) is 0 Å². The number of halogens is 1. The Balaban J connectivity index is 2.02. The van der Waals surface area contributed by atoms with Crippen molar-refractivity contribution < 1.29 is 9.59 Å². The lowest BCUT2D eigenvalue weighted by Crippen LogP contribution is -2.33. The molecule has 2 aromatic rings.